The molecule has 0 amide bonds. The van der Waals surface area contributed by atoms with Crippen molar-refractivity contribution < 1.29 is 4.74 Å². The predicted molar refractivity (Wildman–Crippen MR) is 128 cm³/mol. The zero-order chi connectivity index (χ0) is 22.4. The molecule has 1 heterocycles. The number of aromatic nitrogens is 2. The summed E-state index contributed by atoms with van der Waals surface area (Å²) in [4.78, 5) is 17.5. The zero-order valence-electron chi connectivity index (χ0n) is 18.8. The molecule has 0 aliphatic carbocycles. The number of rotatable bonds is 8. The lowest BCUT2D eigenvalue weighted by molar-refractivity contribution is 0.371. The minimum absolute atomic E-state index is 0.192. The highest BCUT2D eigenvalue weighted by Crippen LogP contribution is 2.30. The molecule has 0 N–H and O–H groups in total. The Kier molecular flexibility index (Phi) is 7.31. The van der Waals surface area contributed by atoms with Crippen LogP contribution in [0.1, 0.15) is 45.6 Å². The van der Waals surface area contributed by atoms with Gasteiger partial charge in [0.1, 0.15) is 12.4 Å². The van der Waals surface area contributed by atoms with Gasteiger partial charge in [0.25, 0.3) is 0 Å². The van der Waals surface area contributed by atoms with E-state index in [9.17, 15) is 4.79 Å². The molecule has 4 nitrogen and oxygen atoms in total. The van der Waals surface area contributed by atoms with E-state index >= 15 is 0 Å². The predicted octanol–water partition coefficient (Wildman–Crippen LogP) is 5.80. The SMILES string of the molecule is C#CCOc1ccc2c(c1)c(-c1ccc(C(C)C)cc1)nc(=O)n2C[C@@H](C)C/C=C/C. The number of benzene rings is 2. The maximum atomic E-state index is 13.0. The summed E-state index contributed by atoms with van der Waals surface area (Å²) in [7, 11) is 0. The number of ether oxygens (including phenoxy) is 1. The van der Waals surface area contributed by atoms with Crippen LogP contribution in [0.25, 0.3) is 22.2 Å². The third-order valence-corrected chi connectivity index (χ3v) is 5.39. The van der Waals surface area contributed by atoms with Gasteiger partial charge < -0.3 is 4.74 Å². The van der Waals surface area contributed by atoms with Crippen LogP contribution in [0.4, 0.5) is 0 Å². The molecular weight excluding hydrogens is 384 g/mol. The van der Waals surface area contributed by atoms with E-state index in [-0.39, 0.29) is 12.3 Å². The largest absolute Gasteiger partial charge is 0.481 e. The van der Waals surface area contributed by atoms with Gasteiger partial charge in [-0.1, -0.05) is 63.1 Å². The average molecular weight is 415 g/mol. The monoisotopic (exact) mass is 414 g/mol. The van der Waals surface area contributed by atoms with Crippen molar-refractivity contribution in [2.45, 2.75) is 46.6 Å². The zero-order valence-corrected chi connectivity index (χ0v) is 18.8. The van der Waals surface area contributed by atoms with E-state index in [1.807, 2.05) is 43.3 Å². The van der Waals surface area contributed by atoms with Gasteiger partial charge in [-0.2, -0.15) is 4.98 Å². The first-order chi connectivity index (χ1) is 14.9. The van der Waals surface area contributed by atoms with E-state index in [1.54, 1.807) is 4.57 Å². The van der Waals surface area contributed by atoms with Gasteiger partial charge in [-0.15, -0.1) is 6.42 Å². The van der Waals surface area contributed by atoms with E-state index in [0.29, 0.717) is 29.8 Å². The molecule has 0 radical (unpaired) electrons. The number of allylic oxidation sites excluding steroid dienone is 2. The molecule has 0 saturated carbocycles. The third-order valence-electron chi connectivity index (χ3n) is 5.39. The van der Waals surface area contributed by atoms with Gasteiger partial charge in [-0.3, -0.25) is 4.57 Å². The lowest BCUT2D eigenvalue weighted by atomic mass is 9.99. The second kappa shape index (κ2) is 10.1. The number of fused-ring (bicyclic) bond motifs is 1. The highest BCUT2D eigenvalue weighted by Gasteiger charge is 2.15. The molecule has 3 rings (SSSR count). The van der Waals surface area contributed by atoms with E-state index in [1.165, 1.54) is 5.56 Å². The minimum Gasteiger partial charge on any atom is -0.481 e. The lowest BCUT2D eigenvalue weighted by Gasteiger charge is -2.17. The molecule has 160 valence electrons. The fourth-order valence-electron chi connectivity index (χ4n) is 3.65. The number of hydrogen-bond acceptors (Lipinski definition) is 3. The molecule has 31 heavy (non-hydrogen) atoms. The first-order valence-corrected chi connectivity index (χ1v) is 10.8. The quantitative estimate of drug-likeness (QED) is 0.346. The van der Waals surface area contributed by atoms with Crippen molar-refractivity contribution in [3.05, 3.63) is 70.7 Å². The van der Waals surface area contributed by atoms with Crippen molar-refractivity contribution in [3.63, 3.8) is 0 Å². The van der Waals surface area contributed by atoms with Crippen LogP contribution >= 0.6 is 0 Å². The molecule has 0 saturated heterocycles. The molecular formula is C27H30N2O2. The summed E-state index contributed by atoms with van der Waals surface area (Å²) in [5, 5.41) is 0.879. The second-order valence-corrected chi connectivity index (χ2v) is 8.21. The van der Waals surface area contributed by atoms with Gasteiger partial charge in [-0.05, 0) is 48.9 Å². The Bertz CT molecular complexity index is 1160. The number of terminal acetylenes is 1. The minimum atomic E-state index is -0.236. The van der Waals surface area contributed by atoms with Crippen molar-refractivity contribution in [2.75, 3.05) is 6.61 Å². The Morgan fingerprint density at radius 3 is 2.55 bits per heavy atom. The molecule has 0 bridgehead atoms. The highest BCUT2D eigenvalue weighted by atomic mass is 16.5. The molecule has 4 heteroatoms. The molecule has 0 spiro atoms. The molecule has 3 aromatic rings. The fourth-order valence-corrected chi connectivity index (χ4v) is 3.65. The summed E-state index contributed by atoms with van der Waals surface area (Å²) < 4.78 is 7.41. The fraction of sp³-hybridized carbons (Fsp3) is 0.333. The van der Waals surface area contributed by atoms with Crippen LogP contribution in [0.5, 0.6) is 5.75 Å². The Hall–Kier alpha value is -3.32. The van der Waals surface area contributed by atoms with Gasteiger partial charge in [0.05, 0.1) is 11.2 Å². The van der Waals surface area contributed by atoms with Crippen LogP contribution in [0.3, 0.4) is 0 Å². The molecule has 0 aliphatic heterocycles. The molecule has 1 aromatic heterocycles. The van der Waals surface area contributed by atoms with Crippen molar-refractivity contribution in [1.82, 2.24) is 9.55 Å². The van der Waals surface area contributed by atoms with Gasteiger partial charge in [0.15, 0.2) is 0 Å². The third kappa shape index (κ3) is 5.24. The summed E-state index contributed by atoms with van der Waals surface area (Å²) in [5.41, 5.74) is 3.44. The van der Waals surface area contributed by atoms with Gasteiger partial charge >= 0.3 is 5.69 Å². The summed E-state index contributed by atoms with van der Waals surface area (Å²) in [6.45, 7) is 9.26. The van der Waals surface area contributed by atoms with Crippen LogP contribution in [0, 0.1) is 18.3 Å². The van der Waals surface area contributed by atoms with Crippen molar-refractivity contribution in [3.8, 4) is 29.4 Å². The Morgan fingerprint density at radius 1 is 1.16 bits per heavy atom. The summed E-state index contributed by atoms with van der Waals surface area (Å²) in [5.74, 6) is 3.91. The molecule has 0 aliphatic rings. The maximum absolute atomic E-state index is 13.0. The summed E-state index contributed by atoms with van der Waals surface area (Å²) >= 11 is 0. The van der Waals surface area contributed by atoms with Crippen LogP contribution in [-0.4, -0.2) is 16.2 Å². The Labute approximate surface area is 184 Å². The highest BCUT2D eigenvalue weighted by molar-refractivity contribution is 5.93. The van der Waals surface area contributed by atoms with Gasteiger partial charge in [0, 0.05) is 17.5 Å². The lowest BCUT2D eigenvalue weighted by Crippen LogP contribution is -2.26. The maximum Gasteiger partial charge on any atom is 0.348 e. The topological polar surface area (TPSA) is 44.1 Å². The second-order valence-electron chi connectivity index (χ2n) is 8.21. The normalized spacial score (nSPS) is 12.4. The number of nitrogens with zero attached hydrogens (tertiary/aromatic N) is 2. The van der Waals surface area contributed by atoms with Crippen LogP contribution in [0.15, 0.2) is 59.4 Å². The Balaban J connectivity index is 2.15. The standard InChI is InChI=1S/C27H30N2O2/c1-6-8-9-20(5)18-29-25-15-14-23(31-16-7-2)17-24(25)26(28-27(29)30)22-12-10-21(11-13-22)19(3)4/h2,6,8,10-15,17,19-20H,9,16,18H2,1,3-5H3/b8-6+/t20-/m0/s1. The van der Waals surface area contributed by atoms with Gasteiger partial charge in [0.2, 0.25) is 0 Å². The first kappa shape index (κ1) is 22.4. The molecule has 0 fully saturated rings. The smallest absolute Gasteiger partial charge is 0.348 e. The summed E-state index contributed by atoms with van der Waals surface area (Å²) in [6.07, 6.45) is 10.4. The Morgan fingerprint density at radius 2 is 1.90 bits per heavy atom. The van der Waals surface area contributed by atoms with Crippen LogP contribution in [-0.2, 0) is 6.54 Å². The summed E-state index contributed by atoms with van der Waals surface area (Å²) in [6, 6.07) is 14.0. The first-order valence-electron chi connectivity index (χ1n) is 10.8. The van der Waals surface area contributed by atoms with E-state index in [2.05, 4.69) is 49.9 Å². The number of hydrogen-bond donors (Lipinski definition) is 0. The molecule has 0 unspecified atom stereocenters. The van der Waals surface area contributed by atoms with Crippen LogP contribution in [0.2, 0.25) is 0 Å². The van der Waals surface area contributed by atoms with E-state index < -0.39 is 0 Å². The van der Waals surface area contributed by atoms with Crippen LogP contribution < -0.4 is 10.4 Å². The molecule has 1 atom stereocenters. The van der Waals surface area contributed by atoms with Crippen molar-refractivity contribution in [2.24, 2.45) is 5.92 Å². The molecule has 2 aromatic carbocycles. The average Bonchev–Trinajstić information content (AvgIpc) is 2.77. The van der Waals surface area contributed by atoms with Crippen molar-refractivity contribution >= 4 is 10.9 Å². The van der Waals surface area contributed by atoms with E-state index in [0.717, 1.165) is 22.9 Å². The van der Waals surface area contributed by atoms with Gasteiger partial charge in [-0.25, -0.2) is 4.79 Å². The van der Waals surface area contributed by atoms with Crippen molar-refractivity contribution in [1.29, 1.82) is 0 Å². The van der Waals surface area contributed by atoms with E-state index in [4.69, 9.17) is 11.2 Å².